The molecule has 0 spiro atoms. The van der Waals surface area contributed by atoms with Gasteiger partial charge in [-0.15, -0.1) is 11.3 Å². The van der Waals surface area contributed by atoms with Crippen molar-refractivity contribution < 1.29 is 5.11 Å². The van der Waals surface area contributed by atoms with Crippen molar-refractivity contribution in [1.82, 2.24) is 14.9 Å². The Labute approximate surface area is 117 Å². The van der Waals surface area contributed by atoms with Crippen molar-refractivity contribution in [1.29, 1.82) is 0 Å². The molecule has 0 saturated carbocycles. The van der Waals surface area contributed by atoms with Crippen molar-refractivity contribution in [3.63, 3.8) is 0 Å². The molecule has 0 saturated heterocycles. The zero-order chi connectivity index (χ0) is 14.0. The highest BCUT2D eigenvalue weighted by Crippen LogP contribution is 2.25. The quantitative estimate of drug-likeness (QED) is 0.876. The summed E-state index contributed by atoms with van der Waals surface area (Å²) < 4.78 is 0. The van der Waals surface area contributed by atoms with Crippen LogP contribution < -0.4 is 5.32 Å². The van der Waals surface area contributed by atoms with E-state index < -0.39 is 5.60 Å². The lowest BCUT2D eigenvalue weighted by Crippen LogP contribution is -2.36. The third kappa shape index (κ3) is 3.62. The predicted octanol–water partition coefficient (Wildman–Crippen LogP) is 1.94. The molecule has 6 heteroatoms. The van der Waals surface area contributed by atoms with Gasteiger partial charge in [0, 0.05) is 13.6 Å². The van der Waals surface area contributed by atoms with Gasteiger partial charge in [0.2, 0.25) is 0 Å². The Morgan fingerprint density at radius 3 is 2.79 bits per heavy atom. The van der Waals surface area contributed by atoms with Crippen molar-refractivity contribution >= 4 is 27.4 Å². The van der Waals surface area contributed by atoms with Crippen LogP contribution in [0, 0.1) is 0 Å². The van der Waals surface area contributed by atoms with Gasteiger partial charge < -0.3 is 10.4 Å². The average molecular weight is 280 g/mol. The normalized spacial score (nSPS) is 12.3. The molecule has 2 aromatic rings. The summed E-state index contributed by atoms with van der Waals surface area (Å²) in [5.41, 5.74) is -0.715. The van der Waals surface area contributed by atoms with Gasteiger partial charge in [-0.1, -0.05) is 0 Å². The molecular weight excluding hydrogens is 260 g/mol. The second-order valence-corrected chi connectivity index (χ2v) is 6.26. The minimum absolute atomic E-state index is 0.577. The first kappa shape index (κ1) is 14.2. The van der Waals surface area contributed by atoms with Gasteiger partial charge in [0.1, 0.15) is 16.5 Å². The van der Waals surface area contributed by atoms with Gasteiger partial charge >= 0.3 is 0 Å². The number of likely N-dealkylation sites (N-methyl/N-ethyl adjacent to an activating group) is 1. The summed E-state index contributed by atoms with van der Waals surface area (Å²) in [5, 5.41) is 16.0. The predicted molar refractivity (Wildman–Crippen MR) is 79.6 cm³/mol. The summed E-state index contributed by atoms with van der Waals surface area (Å²) in [6.45, 7) is 4.79. The highest BCUT2D eigenvalue weighted by molar-refractivity contribution is 7.16. The first-order chi connectivity index (χ1) is 8.89. The second kappa shape index (κ2) is 5.40. The molecule has 2 N–H and O–H groups in total. The van der Waals surface area contributed by atoms with E-state index in [4.69, 9.17) is 0 Å². The van der Waals surface area contributed by atoms with Crippen LogP contribution in [0.25, 0.3) is 10.2 Å². The molecular formula is C13H20N4OS. The van der Waals surface area contributed by atoms with Crippen LogP contribution in [0.1, 0.15) is 19.7 Å². The Hall–Kier alpha value is -1.24. The molecule has 0 fully saturated rings. The Balaban J connectivity index is 2.21. The molecule has 0 atom stereocenters. The lowest BCUT2D eigenvalue weighted by atomic mass is 10.1. The number of aromatic nitrogens is 2. The van der Waals surface area contributed by atoms with Gasteiger partial charge in [-0.2, -0.15) is 0 Å². The van der Waals surface area contributed by atoms with Crippen LogP contribution in [0.4, 0.5) is 5.82 Å². The third-order valence-corrected chi connectivity index (χ3v) is 3.48. The van der Waals surface area contributed by atoms with Crippen LogP contribution in [0.5, 0.6) is 0 Å². The van der Waals surface area contributed by atoms with Gasteiger partial charge in [-0.05, 0) is 32.3 Å². The number of anilines is 1. The number of nitrogens with one attached hydrogen (secondary N) is 1. The van der Waals surface area contributed by atoms with E-state index >= 15 is 0 Å². The maximum Gasteiger partial charge on any atom is 0.146 e. The SMILES string of the molecule is CNc1nc(CN(C)CC(C)(C)O)nc2sccc12. The van der Waals surface area contributed by atoms with Crippen LogP contribution in [-0.4, -0.2) is 46.2 Å². The zero-order valence-electron chi connectivity index (χ0n) is 11.8. The Kier molecular flexibility index (Phi) is 4.03. The van der Waals surface area contributed by atoms with Crippen LogP contribution in [0.3, 0.4) is 0 Å². The topological polar surface area (TPSA) is 61.3 Å². The molecule has 0 aliphatic heterocycles. The van der Waals surface area contributed by atoms with Gasteiger partial charge in [-0.25, -0.2) is 9.97 Å². The largest absolute Gasteiger partial charge is 0.389 e. The molecule has 0 amide bonds. The number of nitrogens with zero attached hydrogens (tertiary/aromatic N) is 3. The van der Waals surface area contributed by atoms with Crippen LogP contribution in [-0.2, 0) is 6.54 Å². The molecule has 19 heavy (non-hydrogen) atoms. The number of hydrogen-bond donors (Lipinski definition) is 2. The van der Waals surface area contributed by atoms with Gasteiger partial charge in [0.15, 0.2) is 0 Å². The van der Waals surface area contributed by atoms with E-state index in [1.165, 1.54) is 0 Å². The summed E-state index contributed by atoms with van der Waals surface area (Å²) in [6, 6.07) is 2.02. The number of thiophene rings is 1. The zero-order valence-corrected chi connectivity index (χ0v) is 12.6. The summed E-state index contributed by atoms with van der Waals surface area (Å²) in [5.74, 6) is 1.63. The summed E-state index contributed by atoms with van der Waals surface area (Å²) >= 11 is 1.61. The summed E-state index contributed by atoms with van der Waals surface area (Å²) in [7, 11) is 3.82. The number of aliphatic hydroxyl groups is 1. The van der Waals surface area contributed by atoms with Crippen molar-refractivity contribution in [2.24, 2.45) is 0 Å². The van der Waals surface area contributed by atoms with E-state index in [-0.39, 0.29) is 0 Å². The van der Waals surface area contributed by atoms with Crippen molar-refractivity contribution in [2.45, 2.75) is 26.0 Å². The molecule has 0 aliphatic rings. The molecule has 0 aromatic carbocycles. The maximum absolute atomic E-state index is 9.81. The number of hydrogen-bond acceptors (Lipinski definition) is 6. The Morgan fingerprint density at radius 2 is 2.16 bits per heavy atom. The fraction of sp³-hybridized carbons (Fsp3) is 0.538. The molecule has 2 aromatic heterocycles. The van der Waals surface area contributed by atoms with Crippen molar-refractivity contribution in [3.8, 4) is 0 Å². The molecule has 104 valence electrons. The van der Waals surface area contributed by atoms with E-state index in [9.17, 15) is 5.11 Å². The second-order valence-electron chi connectivity index (χ2n) is 5.36. The maximum atomic E-state index is 9.81. The van der Waals surface area contributed by atoms with Gasteiger partial charge in [-0.3, -0.25) is 4.90 Å². The highest BCUT2D eigenvalue weighted by Gasteiger charge is 2.17. The fourth-order valence-electron chi connectivity index (χ4n) is 2.12. The van der Waals surface area contributed by atoms with Crippen LogP contribution in [0.2, 0.25) is 0 Å². The molecule has 2 rings (SSSR count). The standard InChI is InChI=1S/C13H20N4OS/c1-13(2,18)8-17(4)7-10-15-11(14-3)9-5-6-19-12(9)16-10/h5-6,18H,7-8H2,1-4H3,(H,14,15,16). The smallest absolute Gasteiger partial charge is 0.146 e. The van der Waals surface area contributed by atoms with Crippen LogP contribution >= 0.6 is 11.3 Å². The summed E-state index contributed by atoms with van der Waals surface area (Å²) in [4.78, 5) is 12.1. The van der Waals surface area contributed by atoms with Crippen LogP contribution in [0.15, 0.2) is 11.4 Å². The molecule has 0 radical (unpaired) electrons. The number of fused-ring (bicyclic) bond motifs is 1. The first-order valence-electron chi connectivity index (χ1n) is 6.22. The van der Waals surface area contributed by atoms with Crippen molar-refractivity contribution in [3.05, 3.63) is 17.3 Å². The lowest BCUT2D eigenvalue weighted by Gasteiger charge is -2.24. The Bertz CT molecular complexity index is 561. The van der Waals surface area contributed by atoms with E-state index in [1.54, 1.807) is 25.2 Å². The molecule has 5 nitrogen and oxygen atoms in total. The minimum atomic E-state index is -0.715. The summed E-state index contributed by atoms with van der Waals surface area (Å²) in [6.07, 6.45) is 0. The number of rotatable bonds is 5. The van der Waals surface area contributed by atoms with E-state index in [0.29, 0.717) is 13.1 Å². The molecule has 0 unspecified atom stereocenters. The van der Waals surface area contributed by atoms with E-state index in [0.717, 1.165) is 21.9 Å². The third-order valence-electron chi connectivity index (χ3n) is 2.68. The molecule has 0 bridgehead atoms. The minimum Gasteiger partial charge on any atom is -0.389 e. The average Bonchev–Trinajstić information content (AvgIpc) is 2.73. The van der Waals surface area contributed by atoms with Gasteiger partial charge in [0.05, 0.1) is 17.5 Å². The van der Waals surface area contributed by atoms with E-state index in [1.807, 2.05) is 30.4 Å². The monoisotopic (exact) mass is 280 g/mol. The highest BCUT2D eigenvalue weighted by atomic mass is 32.1. The fourth-order valence-corrected chi connectivity index (χ4v) is 2.90. The lowest BCUT2D eigenvalue weighted by molar-refractivity contribution is 0.0418. The molecule has 2 heterocycles. The van der Waals surface area contributed by atoms with Gasteiger partial charge in [0.25, 0.3) is 0 Å². The van der Waals surface area contributed by atoms with Crippen molar-refractivity contribution in [2.75, 3.05) is 26.0 Å². The molecule has 0 aliphatic carbocycles. The first-order valence-corrected chi connectivity index (χ1v) is 7.10. The Morgan fingerprint density at radius 1 is 1.42 bits per heavy atom. The van der Waals surface area contributed by atoms with E-state index in [2.05, 4.69) is 15.3 Å².